The van der Waals surface area contributed by atoms with Gasteiger partial charge in [-0.25, -0.2) is 9.67 Å². The molecule has 2 aromatic heterocycles. The molecule has 1 amide bonds. The van der Waals surface area contributed by atoms with Crippen LogP contribution in [-0.2, 0) is 0 Å². The highest BCUT2D eigenvalue weighted by molar-refractivity contribution is 6.05. The van der Waals surface area contributed by atoms with Crippen molar-refractivity contribution in [2.24, 2.45) is 0 Å². The average molecular weight is 346 g/mol. The van der Waals surface area contributed by atoms with E-state index in [9.17, 15) is 9.90 Å². The molecule has 0 atom stereocenters. The van der Waals surface area contributed by atoms with Crippen molar-refractivity contribution in [3.8, 4) is 0 Å². The molecule has 0 saturated heterocycles. The van der Waals surface area contributed by atoms with Crippen LogP contribution >= 0.6 is 0 Å². The lowest BCUT2D eigenvalue weighted by Crippen LogP contribution is -2.42. The predicted molar refractivity (Wildman–Crippen MR) is 99.9 cm³/mol. The lowest BCUT2D eigenvalue weighted by Gasteiger charge is -2.28. The summed E-state index contributed by atoms with van der Waals surface area (Å²) in [5, 5.41) is 15.3. The minimum Gasteiger partial charge on any atom is -0.389 e. The molecule has 0 aliphatic rings. The molecule has 0 saturated carbocycles. The molecule has 0 bridgehead atoms. The highest BCUT2D eigenvalue weighted by atomic mass is 16.3. The van der Waals surface area contributed by atoms with Gasteiger partial charge in [0, 0.05) is 24.8 Å². The number of carbonyl (C=O) groups excluding carboxylic acids is 1. The summed E-state index contributed by atoms with van der Waals surface area (Å²) in [6.07, 6.45) is 1.72. The van der Waals surface area contributed by atoms with Crippen molar-refractivity contribution >= 4 is 16.9 Å². The van der Waals surface area contributed by atoms with E-state index in [-0.39, 0.29) is 24.4 Å². The number of aliphatic hydroxyl groups is 1. The Bertz CT molecular complexity index is 757. The number of hydrogen-bond donors (Lipinski definition) is 1. The highest BCUT2D eigenvalue weighted by Gasteiger charge is 2.25. The lowest BCUT2D eigenvalue weighted by atomic mass is 10.0. The molecule has 138 valence electrons. The number of likely N-dealkylation sites (N-methyl/N-ethyl adjacent to an activating group) is 1. The first-order valence-corrected chi connectivity index (χ1v) is 8.95. The Labute approximate surface area is 149 Å². The SMILES string of the molecule is CCN(CC(C)(C)O)C(=O)c1cc(C(C)C)nc2c1cnn2C(C)C. The van der Waals surface area contributed by atoms with Crippen molar-refractivity contribution in [1.82, 2.24) is 19.7 Å². The second-order valence-electron chi connectivity index (χ2n) is 7.80. The minimum atomic E-state index is -0.944. The van der Waals surface area contributed by atoms with Crippen LogP contribution in [0.15, 0.2) is 12.3 Å². The Morgan fingerprint density at radius 1 is 1.32 bits per heavy atom. The molecule has 0 aliphatic heterocycles. The number of carbonyl (C=O) groups is 1. The first kappa shape index (κ1) is 19.4. The van der Waals surface area contributed by atoms with E-state index in [0.29, 0.717) is 12.1 Å². The van der Waals surface area contributed by atoms with Crippen LogP contribution in [0, 0.1) is 0 Å². The minimum absolute atomic E-state index is 0.0952. The van der Waals surface area contributed by atoms with Crippen molar-refractivity contribution in [2.75, 3.05) is 13.1 Å². The Balaban J connectivity index is 2.60. The van der Waals surface area contributed by atoms with E-state index in [2.05, 4.69) is 18.9 Å². The number of hydrogen-bond acceptors (Lipinski definition) is 4. The first-order chi connectivity index (χ1) is 11.5. The van der Waals surface area contributed by atoms with Crippen molar-refractivity contribution in [1.29, 1.82) is 0 Å². The summed E-state index contributed by atoms with van der Waals surface area (Å²) in [7, 11) is 0. The van der Waals surface area contributed by atoms with Gasteiger partial charge in [0.15, 0.2) is 5.65 Å². The Hall–Kier alpha value is -1.95. The molecule has 0 unspecified atom stereocenters. The lowest BCUT2D eigenvalue weighted by molar-refractivity contribution is 0.0315. The molecular weight excluding hydrogens is 316 g/mol. The highest BCUT2D eigenvalue weighted by Crippen LogP contribution is 2.25. The van der Waals surface area contributed by atoms with E-state index in [1.807, 2.05) is 31.5 Å². The van der Waals surface area contributed by atoms with E-state index in [1.165, 1.54) is 0 Å². The summed E-state index contributed by atoms with van der Waals surface area (Å²) in [6.45, 7) is 14.4. The monoisotopic (exact) mass is 346 g/mol. The molecule has 0 fully saturated rings. The van der Waals surface area contributed by atoms with Gasteiger partial charge in [0.1, 0.15) is 0 Å². The molecule has 0 radical (unpaired) electrons. The zero-order valence-corrected chi connectivity index (χ0v) is 16.4. The van der Waals surface area contributed by atoms with Crippen LogP contribution in [0.3, 0.4) is 0 Å². The summed E-state index contributed by atoms with van der Waals surface area (Å²) < 4.78 is 1.85. The fourth-order valence-corrected chi connectivity index (χ4v) is 2.85. The van der Waals surface area contributed by atoms with Crippen molar-refractivity contribution in [2.45, 2.75) is 66.0 Å². The number of aromatic nitrogens is 3. The quantitative estimate of drug-likeness (QED) is 0.870. The molecule has 0 spiro atoms. The van der Waals surface area contributed by atoms with Crippen LogP contribution in [0.2, 0.25) is 0 Å². The van der Waals surface area contributed by atoms with Crippen LogP contribution in [0.5, 0.6) is 0 Å². The van der Waals surface area contributed by atoms with Crippen molar-refractivity contribution < 1.29 is 9.90 Å². The van der Waals surface area contributed by atoms with E-state index in [1.54, 1.807) is 24.9 Å². The number of pyridine rings is 1. The molecule has 25 heavy (non-hydrogen) atoms. The Morgan fingerprint density at radius 3 is 2.44 bits per heavy atom. The maximum Gasteiger partial charge on any atom is 0.254 e. The first-order valence-electron chi connectivity index (χ1n) is 8.95. The molecule has 6 heteroatoms. The second kappa shape index (κ2) is 7.12. The van der Waals surface area contributed by atoms with Crippen molar-refractivity contribution in [3.63, 3.8) is 0 Å². The van der Waals surface area contributed by atoms with E-state index >= 15 is 0 Å². The van der Waals surface area contributed by atoms with Gasteiger partial charge >= 0.3 is 0 Å². The second-order valence-corrected chi connectivity index (χ2v) is 7.80. The zero-order valence-electron chi connectivity index (χ0n) is 16.4. The van der Waals surface area contributed by atoms with Gasteiger partial charge < -0.3 is 10.0 Å². The van der Waals surface area contributed by atoms with Gasteiger partial charge in [-0.3, -0.25) is 4.79 Å². The number of amides is 1. The number of rotatable bonds is 6. The molecule has 6 nitrogen and oxygen atoms in total. The van der Waals surface area contributed by atoms with Gasteiger partial charge in [-0.05, 0) is 46.6 Å². The Morgan fingerprint density at radius 2 is 1.96 bits per heavy atom. The van der Waals surface area contributed by atoms with E-state index < -0.39 is 5.60 Å². The normalized spacial score (nSPS) is 12.4. The summed E-state index contributed by atoms with van der Waals surface area (Å²) in [5.74, 6) is 0.109. The summed E-state index contributed by atoms with van der Waals surface area (Å²) >= 11 is 0. The van der Waals surface area contributed by atoms with E-state index in [4.69, 9.17) is 4.98 Å². The number of nitrogens with zero attached hydrogens (tertiary/aromatic N) is 4. The van der Waals surface area contributed by atoms with Gasteiger partial charge in [0.25, 0.3) is 5.91 Å². The van der Waals surface area contributed by atoms with Crippen molar-refractivity contribution in [3.05, 3.63) is 23.5 Å². The molecule has 1 N–H and O–H groups in total. The molecule has 0 aromatic carbocycles. The van der Waals surface area contributed by atoms with Crippen LogP contribution in [0.25, 0.3) is 11.0 Å². The Kier molecular flexibility index (Phi) is 5.52. The molecule has 0 aliphatic carbocycles. The topological polar surface area (TPSA) is 71.2 Å². The summed E-state index contributed by atoms with van der Waals surface area (Å²) in [6, 6.07) is 2.03. The van der Waals surface area contributed by atoms with Crippen LogP contribution in [-0.4, -0.2) is 49.4 Å². The molecule has 2 heterocycles. The van der Waals surface area contributed by atoms with Gasteiger partial charge in [-0.1, -0.05) is 13.8 Å². The number of fused-ring (bicyclic) bond motifs is 1. The van der Waals surface area contributed by atoms with E-state index in [0.717, 1.165) is 16.7 Å². The predicted octanol–water partition coefficient (Wildman–Crippen LogP) is 3.37. The smallest absolute Gasteiger partial charge is 0.254 e. The molecule has 2 rings (SSSR count). The third-order valence-electron chi connectivity index (χ3n) is 4.14. The van der Waals surface area contributed by atoms with Gasteiger partial charge in [-0.15, -0.1) is 0 Å². The van der Waals surface area contributed by atoms with Gasteiger partial charge in [-0.2, -0.15) is 5.10 Å². The summed E-state index contributed by atoms with van der Waals surface area (Å²) in [5.41, 5.74) is 1.27. The fourth-order valence-electron chi connectivity index (χ4n) is 2.85. The molecule has 2 aromatic rings. The maximum atomic E-state index is 13.2. The average Bonchev–Trinajstić information content (AvgIpc) is 2.94. The molecular formula is C19H30N4O2. The third-order valence-corrected chi connectivity index (χ3v) is 4.14. The largest absolute Gasteiger partial charge is 0.389 e. The van der Waals surface area contributed by atoms with Crippen LogP contribution in [0.4, 0.5) is 0 Å². The zero-order chi connectivity index (χ0) is 18.9. The van der Waals surface area contributed by atoms with Crippen LogP contribution < -0.4 is 0 Å². The summed E-state index contributed by atoms with van der Waals surface area (Å²) in [4.78, 5) is 19.6. The van der Waals surface area contributed by atoms with Gasteiger partial charge in [0.05, 0.1) is 22.7 Å². The third kappa shape index (κ3) is 4.18. The standard InChI is InChI=1S/C19H30N4O2/c1-8-22(11-19(6,7)25)18(24)14-9-16(12(2)3)21-17-15(14)10-20-23(17)13(4)5/h9-10,12-13,25H,8,11H2,1-7H3. The van der Waals surface area contributed by atoms with Gasteiger partial charge in [0.2, 0.25) is 0 Å². The fraction of sp³-hybridized carbons (Fsp3) is 0.632. The van der Waals surface area contributed by atoms with Crippen LogP contribution in [0.1, 0.15) is 76.5 Å². The maximum absolute atomic E-state index is 13.2.